The van der Waals surface area contributed by atoms with Gasteiger partial charge in [-0.3, -0.25) is 24.5 Å². The van der Waals surface area contributed by atoms with Crippen molar-refractivity contribution >= 4 is 39.9 Å². The maximum atomic E-state index is 12.5. The van der Waals surface area contributed by atoms with Gasteiger partial charge in [0.2, 0.25) is 11.8 Å². The SMILES string of the molecule is CN(C(=O)c1c(Br)cccc1C=O)C1CCC(=O)NC1=O. The molecule has 1 aliphatic heterocycles. The van der Waals surface area contributed by atoms with Gasteiger partial charge < -0.3 is 4.90 Å². The fourth-order valence-corrected chi connectivity index (χ4v) is 2.79. The minimum absolute atomic E-state index is 0.185. The van der Waals surface area contributed by atoms with E-state index in [-0.39, 0.29) is 29.9 Å². The summed E-state index contributed by atoms with van der Waals surface area (Å²) < 4.78 is 0.483. The van der Waals surface area contributed by atoms with Crippen LogP contribution in [0.2, 0.25) is 0 Å². The molecule has 3 amide bonds. The predicted octanol–water partition coefficient (Wildman–Crippen LogP) is 1.14. The standard InChI is InChI=1S/C14H13BrN2O4/c1-17(10-5-6-11(19)16-13(10)20)14(21)12-8(7-18)3-2-4-9(12)15/h2-4,7,10H,5-6H2,1H3,(H,16,19,20). The molecule has 1 aromatic carbocycles. The van der Waals surface area contributed by atoms with Gasteiger partial charge in [0.25, 0.3) is 5.91 Å². The summed E-state index contributed by atoms with van der Waals surface area (Å²) in [5.74, 6) is -1.28. The van der Waals surface area contributed by atoms with Crippen LogP contribution in [0.15, 0.2) is 22.7 Å². The Morgan fingerprint density at radius 2 is 2.14 bits per heavy atom. The summed E-state index contributed by atoms with van der Waals surface area (Å²) in [6, 6.07) is 4.11. The average Bonchev–Trinajstić information content (AvgIpc) is 2.45. The van der Waals surface area contributed by atoms with Gasteiger partial charge in [-0.2, -0.15) is 0 Å². The summed E-state index contributed by atoms with van der Waals surface area (Å²) in [7, 11) is 1.48. The third-order valence-electron chi connectivity index (χ3n) is 3.38. The van der Waals surface area contributed by atoms with Crippen molar-refractivity contribution in [2.45, 2.75) is 18.9 Å². The lowest BCUT2D eigenvalue weighted by Gasteiger charge is -2.30. The highest BCUT2D eigenvalue weighted by Gasteiger charge is 2.33. The Balaban J connectivity index is 2.30. The zero-order chi connectivity index (χ0) is 15.6. The number of rotatable bonds is 3. The minimum Gasteiger partial charge on any atom is -0.330 e. The number of aldehydes is 1. The molecule has 1 atom stereocenters. The number of benzene rings is 1. The molecule has 1 aromatic rings. The molecule has 21 heavy (non-hydrogen) atoms. The van der Waals surface area contributed by atoms with Crippen LogP contribution in [0.1, 0.15) is 33.6 Å². The van der Waals surface area contributed by atoms with Gasteiger partial charge in [0.05, 0.1) is 5.56 Å². The topological polar surface area (TPSA) is 83.6 Å². The van der Waals surface area contributed by atoms with Crippen LogP contribution >= 0.6 is 15.9 Å². The first-order valence-corrected chi connectivity index (χ1v) is 7.09. The molecular weight excluding hydrogens is 340 g/mol. The first kappa shape index (κ1) is 15.4. The van der Waals surface area contributed by atoms with Crippen LogP contribution in [-0.2, 0) is 9.59 Å². The normalized spacial score (nSPS) is 18.1. The predicted molar refractivity (Wildman–Crippen MR) is 77.8 cm³/mol. The summed E-state index contributed by atoms with van der Waals surface area (Å²) >= 11 is 3.24. The highest BCUT2D eigenvalue weighted by molar-refractivity contribution is 9.10. The van der Waals surface area contributed by atoms with Crippen LogP contribution in [0.4, 0.5) is 0 Å². The number of likely N-dealkylation sites (N-methyl/N-ethyl adjacent to an activating group) is 1. The fraction of sp³-hybridized carbons (Fsp3) is 0.286. The Bertz CT molecular complexity index is 629. The van der Waals surface area contributed by atoms with Gasteiger partial charge in [-0.15, -0.1) is 0 Å². The first-order valence-electron chi connectivity index (χ1n) is 6.30. The number of hydrogen-bond acceptors (Lipinski definition) is 4. The van der Waals surface area contributed by atoms with Crippen LogP contribution in [-0.4, -0.2) is 42.0 Å². The summed E-state index contributed by atoms with van der Waals surface area (Å²) in [5, 5.41) is 2.21. The second-order valence-corrected chi connectivity index (χ2v) is 5.56. The van der Waals surface area contributed by atoms with E-state index in [1.165, 1.54) is 18.0 Å². The number of nitrogens with zero attached hydrogens (tertiary/aromatic N) is 1. The summed E-state index contributed by atoms with van der Waals surface area (Å²) in [6.07, 6.45) is 1.05. The Hall–Kier alpha value is -2.02. The van der Waals surface area contributed by atoms with Crippen LogP contribution in [0.25, 0.3) is 0 Å². The lowest BCUT2D eigenvalue weighted by Crippen LogP contribution is -2.53. The number of nitrogens with one attached hydrogen (secondary N) is 1. The molecule has 1 saturated heterocycles. The molecule has 6 nitrogen and oxygen atoms in total. The van der Waals surface area contributed by atoms with E-state index in [4.69, 9.17) is 0 Å². The molecule has 0 saturated carbocycles. The van der Waals surface area contributed by atoms with E-state index in [1.807, 2.05) is 0 Å². The minimum atomic E-state index is -0.721. The second-order valence-electron chi connectivity index (χ2n) is 4.70. The molecule has 7 heteroatoms. The second kappa shape index (κ2) is 6.17. The van der Waals surface area contributed by atoms with E-state index in [1.54, 1.807) is 12.1 Å². The quantitative estimate of drug-likeness (QED) is 0.653. The molecule has 110 valence electrons. The zero-order valence-electron chi connectivity index (χ0n) is 11.3. The van der Waals surface area contributed by atoms with Gasteiger partial charge in [-0.1, -0.05) is 12.1 Å². The van der Waals surface area contributed by atoms with Crippen molar-refractivity contribution in [3.8, 4) is 0 Å². The lowest BCUT2D eigenvalue weighted by atomic mass is 10.0. The number of carbonyl (C=O) groups excluding carboxylic acids is 4. The number of hydrogen-bond donors (Lipinski definition) is 1. The lowest BCUT2D eigenvalue weighted by molar-refractivity contribution is -0.136. The van der Waals surface area contributed by atoms with Gasteiger partial charge in [0, 0.05) is 23.5 Å². The van der Waals surface area contributed by atoms with Crippen molar-refractivity contribution in [2.24, 2.45) is 0 Å². The maximum Gasteiger partial charge on any atom is 0.256 e. The summed E-state index contributed by atoms with van der Waals surface area (Å²) in [6.45, 7) is 0. The fourth-order valence-electron chi connectivity index (χ4n) is 2.23. The Labute approximate surface area is 129 Å². The molecule has 0 spiro atoms. The maximum absolute atomic E-state index is 12.5. The Morgan fingerprint density at radius 3 is 2.76 bits per heavy atom. The summed E-state index contributed by atoms with van der Waals surface area (Å²) in [4.78, 5) is 47.8. The van der Waals surface area contributed by atoms with Gasteiger partial charge in [0.15, 0.2) is 6.29 Å². The van der Waals surface area contributed by atoms with Crippen molar-refractivity contribution in [3.05, 3.63) is 33.8 Å². The monoisotopic (exact) mass is 352 g/mol. The zero-order valence-corrected chi connectivity index (χ0v) is 12.8. The van der Waals surface area contributed by atoms with E-state index < -0.39 is 17.9 Å². The number of halogens is 1. The van der Waals surface area contributed by atoms with Crippen molar-refractivity contribution < 1.29 is 19.2 Å². The van der Waals surface area contributed by atoms with Gasteiger partial charge in [-0.25, -0.2) is 0 Å². The number of amides is 3. The molecule has 1 aliphatic rings. The highest BCUT2D eigenvalue weighted by Crippen LogP contribution is 2.23. The molecule has 0 radical (unpaired) electrons. The molecule has 1 heterocycles. The highest BCUT2D eigenvalue weighted by atomic mass is 79.9. The van der Waals surface area contributed by atoms with Crippen molar-refractivity contribution in [2.75, 3.05) is 7.05 Å². The van der Waals surface area contributed by atoms with Crippen molar-refractivity contribution in [1.29, 1.82) is 0 Å². The van der Waals surface area contributed by atoms with Crippen LogP contribution < -0.4 is 5.32 Å². The largest absolute Gasteiger partial charge is 0.330 e. The molecule has 1 unspecified atom stereocenters. The number of carbonyl (C=O) groups is 4. The molecule has 0 aromatic heterocycles. The smallest absolute Gasteiger partial charge is 0.256 e. The molecule has 1 N–H and O–H groups in total. The van der Waals surface area contributed by atoms with Gasteiger partial charge in [-0.05, 0) is 28.4 Å². The molecule has 2 rings (SSSR count). The average molecular weight is 353 g/mol. The van der Waals surface area contributed by atoms with E-state index >= 15 is 0 Å². The van der Waals surface area contributed by atoms with E-state index in [9.17, 15) is 19.2 Å². The first-order chi connectivity index (χ1) is 9.95. The van der Waals surface area contributed by atoms with Crippen molar-refractivity contribution in [3.63, 3.8) is 0 Å². The van der Waals surface area contributed by atoms with Crippen LogP contribution in [0.3, 0.4) is 0 Å². The van der Waals surface area contributed by atoms with E-state index in [0.29, 0.717) is 10.8 Å². The van der Waals surface area contributed by atoms with Gasteiger partial charge >= 0.3 is 0 Å². The Morgan fingerprint density at radius 1 is 1.43 bits per heavy atom. The van der Waals surface area contributed by atoms with Crippen LogP contribution in [0.5, 0.6) is 0 Å². The molecule has 1 fully saturated rings. The van der Waals surface area contributed by atoms with Gasteiger partial charge in [0.1, 0.15) is 6.04 Å². The third kappa shape index (κ3) is 3.02. The van der Waals surface area contributed by atoms with E-state index in [2.05, 4.69) is 21.2 Å². The molecule has 0 bridgehead atoms. The summed E-state index contributed by atoms with van der Waals surface area (Å²) in [5.41, 5.74) is 0.452. The van der Waals surface area contributed by atoms with E-state index in [0.717, 1.165) is 0 Å². The molecular formula is C14H13BrN2O4. The van der Waals surface area contributed by atoms with Crippen molar-refractivity contribution in [1.82, 2.24) is 10.2 Å². The van der Waals surface area contributed by atoms with Crippen LogP contribution in [0, 0.1) is 0 Å². The third-order valence-corrected chi connectivity index (χ3v) is 4.05. The molecule has 0 aliphatic carbocycles. The number of imide groups is 1. The number of piperidine rings is 1. The Kier molecular flexibility index (Phi) is 4.52.